The van der Waals surface area contributed by atoms with Crippen LogP contribution in [0.3, 0.4) is 0 Å². The van der Waals surface area contributed by atoms with Crippen molar-refractivity contribution in [1.29, 1.82) is 0 Å². The molecule has 10 nitrogen and oxygen atoms in total. The number of benzene rings is 2. The molecule has 7 rings (SSSR count). The molecule has 2 amide bonds. The smallest absolute Gasteiger partial charge is 0.255 e. The minimum atomic E-state index is -0.350. The number of nitrogens with one attached hydrogen (secondary N) is 1. The molecule has 236 valence electrons. The number of carbonyl (C=O) groups is 2. The van der Waals surface area contributed by atoms with Crippen LogP contribution >= 0.6 is 11.3 Å². The van der Waals surface area contributed by atoms with Crippen LogP contribution in [0.4, 0.5) is 11.4 Å². The summed E-state index contributed by atoms with van der Waals surface area (Å²) in [5, 5.41) is 6.00. The summed E-state index contributed by atoms with van der Waals surface area (Å²) in [4.78, 5) is 40.6. The molecule has 3 N–H and O–H groups in total. The van der Waals surface area contributed by atoms with Crippen molar-refractivity contribution >= 4 is 40.2 Å². The number of thiazole rings is 1. The number of nitrogens with two attached hydrogens (primary N) is 1. The molecule has 0 unspecified atom stereocenters. The number of amides is 2. The predicted octanol–water partition coefficient (Wildman–Crippen LogP) is 5.08. The number of piperazine rings is 1. The fraction of sp³-hybridized carbons (Fsp3) is 0.314. The van der Waals surface area contributed by atoms with Crippen LogP contribution in [0.25, 0.3) is 17.0 Å². The van der Waals surface area contributed by atoms with E-state index in [9.17, 15) is 9.59 Å². The molecule has 2 fully saturated rings. The molecule has 2 aliphatic heterocycles. The van der Waals surface area contributed by atoms with Crippen LogP contribution in [0.2, 0.25) is 0 Å². The second-order valence-corrected chi connectivity index (χ2v) is 13.0. The summed E-state index contributed by atoms with van der Waals surface area (Å²) < 4.78 is 7.80. The van der Waals surface area contributed by atoms with Gasteiger partial charge < -0.3 is 25.6 Å². The summed E-state index contributed by atoms with van der Waals surface area (Å²) >= 11 is 1.63. The van der Waals surface area contributed by atoms with Crippen LogP contribution in [-0.2, 0) is 10.2 Å². The maximum atomic E-state index is 13.4. The number of rotatable bonds is 6. The molecule has 0 radical (unpaired) electrons. The Morgan fingerprint density at radius 3 is 2.39 bits per heavy atom. The number of nitrogen functional groups attached to an aromatic ring is 1. The SMILES string of the molecule is Cc1nc2ccc(C(=O)N3CCN(C)CC3)cn2c1-c1csc(C2(c3ccc(C(=O)Nc4ccccc4N)cc3)CCOCC2)n1. The molecule has 0 atom stereocenters. The van der Waals surface area contributed by atoms with Crippen LogP contribution in [0.15, 0.2) is 72.2 Å². The zero-order valence-electron chi connectivity index (χ0n) is 26.0. The molecule has 2 aromatic carbocycles. The van der Waals surface area contributed by atoms with Crippen molar-refractivity contribution in [3.63, 3.8) is 0 Å². The Hall–Kier alpha value is -4.58. The van der Waals surface area contributed by atoms with E-state index in [0.29, 0.717) is 35.7 Å². The van der Waals surface area contributed by atoms with E-state index in [4.69, 9.17) is 20.4 Å². The highest BCUT2D eigenvalue weighted by Gasteiger charge is 2.39. The van der Waals surface area contributed by atoms with E-state index >= 15 is 0 Å². The highest BCUT2D eigenvalue weighted by molar-refractivity contribution is 7.10. The highest BCUT2D eigenvalue weighted by atomic mass is 32.1. The number of aryl methyl sites for hydroxylation is 1. The Morgan fingerprint density at radius 2 is 1.65 bits per heavy atom. The fourth-order valence-electron chi connectivity index (χ4n) is 6.48. The number of hydrogen-bond donors (Lipinski definition) is 2. The van der Waals surface area contributed by atoms with Crippen molar-refractivity contribution in [2.45, 2.75) is 25.2 Å². The van der Waals surface area contributed by atoms with Gasteiger partial charge in [0.2, 0.25) is 0 Å². The first-order valence-electron chi connectivity index (χ1n) is 15.6. The van der Waals surface area contributed by atoms with E-state index in [-0.39, 0.29) is 17.2 Å². The van der Waals surface area contributed by atoms with Gasteiger partial charge in [0.05, 0.1) is 33.7 Å². The van der Waals surface area contributed by atoms with Crippen molar-refractivity contribution in [2.75, 3.05) is 57.5 Å². The molecule has 2 aliphatic rings. The number of nitrogens with zero attached hydrogens (tertiary/aromatic N) is 5. The minimum Gasteiger partial charge on any atom is -0.397 e. The zero-order valence-corrected chi connectivity index (χ0v) is 26.8. The molecule has 3 aromatic heterocycles. The van der Waals surface area contributed by atoms with Crippen molar-refractivity contribution in [1.82, 2.24) is 24.2 Å². The number of pyridine rings is 1. The molecule has 0 aliphatic carbocycles. The highest BCUT2D eigenvalue weighted by Crippen LogP contribution is 2.44. The van der Waals surface area contributed by atoms with Gasteiger partial charge >= 0.3 is 0 Å². The van der Waals surface area contributed by atoms with Crippen molar-refractivity contribution in [3.05, 3.63) is 99.6 Å². The average molecular weight is 636 g/mol. The second kappa shape index (κ2) is 12.3. The van der Waals surface area contributed by atoms with E-state index in [1.54, 1.807) is 23.5 Å². The van der Waals surface area contributed by atoms with Gasteiger partial charge in [0.25, 0.3) is 11.8 Å². The second-order valence-electron chi connectivity index (χ2n) is 12.1. The van der Waals surface area contributed by atoms with Gasteiger partial charge in [-0.1, -0.05) is 24.3 Å². The largest absolute Gasteiger partial charge is 0.397 e. The standard InChI is InChI=1S/C35H37N7O3S/c1-23-31(42-21-25(9-12-30(42)37-23)33(44)41-17-15-40(2)16-18-41)29-22-46-34(39-29)35(13-19-45-20-14-35)26-10-7-24(8-11-26)32(43)38-28-6-4-3-5-27(28)36/h3-12,21-22H,13-20,36H2,1-2H3,(H,38,43). The van der Waals surface area contributed by atoms with E-state index in [1.807, 2.05) is 71.0 Å². The molecule has 0 saturated carbocycles. The number of anilines is 2. The Morgan fingerprint density at radius 1 is 0.935 bits per heavy atom. The minimum absolute atomic E-state index is 0.0387. The van der Waals surface area contributed by atoms with Gasteiger partial charge in [-0.25, -0.2) is 9.97 Å². The molecule has 0 spiro atoms. The van der Waals surface area contributed by atoms with Crippen LogP contribution in [0.1, 0.15) is 49.8 Å². The molecule has 11 heteroatoms. The number of carbonyl (C=O) groups excluding carboxylic acids is 2. The number of ether oxygens (including phenoxy) is 1. The van der Waals surface area contributed by atoms with Crippen molar-refractivity contribution in [3.8, 4) is 11.4 Å². The van der Waals surface area contributed by atoms with Gasteiger partial charge in [-0.05, 0) is 68.8 Å². The Balaban J connectivity index is 1.19. The lowest BCUT2D eigenvalue weighted by Gasteiger charge is -2.36. The third-order valence-electron chi connectivity index (χ3n) is 9.24. The van der Waals surface area contributed by atoms with Crippen LogP contribution < -0.4 is 11.1 Å². The number of fused-ring (bicyclic) bond motifs is 1. The topological polar surface area (TPSA) is 118 Å². The van der Waals surface area contributed by atoms with Gasteiger partial charge in [-0.15, -0.1) is 11.3 Å². The number of imidazole rings is 1. The predicted molar refractivity (Wildman–Crippen MR) is 181 cm³/mol. The summed E-state index contributed by atoms with van der Waals surface area (Å²) in [7, 11) is 2.08. The Labute approximate surface area is 271 Å². The molecule has 46 heavy (non-hydrogen) atoms. The first kappa shape index (κ1) is 30.1. The number of para-hydroxylation sites is 2. The Kier molecular flexibility index (Phi) is 8.06. The van der Waals surface area contributed by atoms with Gasteiger partial charge in [0, 0.05) is 56.5 Å². The lowest BCUT2D eigenvalue weighted by atomic mass is 9.74. The van der Waals surface area contributed by atoms with Crippen LogP contribution in [0.5, 0.6) is 0 Å². The summed E-state index contributed by atoms with van der Waals surface area (Å²) in [6.45, 7) is 6.41. The molecule has 5 heterocycles. The van der Waals surface area contributed by atoms with E-state index in [0.717, 1.165) is 72.3 Å². The fourth-order valence-corrected chi connectivity index (χ4v) is 7.57. The van der Waals surface area contributed by atoms with Crippen molar-refractivity contribution < 1.29 is 14.3 Å². The van der Waals surface area contributed by atoms with Crippen molar-refractivity contribution in [2.24, 2.45) is 0 Å². The summed E-state index contributed by atoms with van der Waals surface area (Å²) in [5.74, 6) is -0.174. The number of likely N-dealkylation sites (N-methyl/N-ethyl adjacent to an activating group) is 1. The number of hydrogen-bond acceptors (Lipinski definition) is 8. The zero-order chi connectivity index (χ0) is 31.8. The molecular weight excluding hydrogens is 598 g/mol. The summed E-state index contributed by atoms with van der Waals surface area (Å²) in [6, 6.07) is 18.8. The van der Waals surface area contributed by atoms with Gasteiger partial charge in [-0.2, -0.15) is 0 Å². The third-order valence-corrected chi connectivity index (χ3v) is 10.3. The van der Waals surface area contributed by atoms with Gasteiger partial charge in [0.1, 0.15) is 16.3 Å². The summed E-state index contributed by atoms with van der Waals surface area (Å²) in [5.41, 5.74) is 12.4. The lowest BCUT2D eigenvalue weighted by Crippen LogP contribution is -2.47. The summed E-state index contributed by atoms with van der Waals surface area (Å²) in [6.07, 6.45) is 3.46. The van der Waals surface area contributed by atoms with Gasteiger partial charge in [0.15, 0.2) is 0 Å². The first-order chi connectivity index (χ1) is 22.3. The molecule has 5 aromatic rings. The number of aromatic nitrogens is 3. The lowest BCUT2D eigenvalue weighted by molar-refractivity contribution is 0.0630. The monoisotopic (exact) mass is 635 g/mol. The average Bonchev–Trinajstić information content (AvgIpc) is 3.70. The van der Waals surface area contributed by atoms with Crippen LogP contribution in [0, 0.1) is 6.92 Å². The first-order valence-corrected chi connectivity index (χ1v) is 16.5. The molecule has 0 bridgehead atoms. The maximum absolute atomic E-state index is 13.4. The van der Waals surface area contributed by atoms with E-state index in [2.05, 4.69) is 22.6 Å². The molecule has 2 saturated heterocycles. The van der Waals surface area contributed by atoms with E-state index < -0.39 is 0 Å². The third kappa shape index (κ3) is 5.55. The normalized spacial score (nSPS) is 16.9. The Bertz CT molecular complexity index is 1900. The van der Waals surface area contributed by atoms with Crippen LogP contribution in [-0.4, -0.2) is 82.4 Å². The van der Waals surface area contributed by atoms with E-state index in [1.165, 1.54) is 0 Å². The quantitative estimate of drug-likeness (QED) is 0.250. The van der Waals surface area contributed by atoms with Gasteiger partial charge in [-0.3, -0.25) is 14.0 Å². The molecular formula is C35H37N7O3S. The maximum Gasteiger partial charge on any atom is 0.255 e.